The van der Waals surface area contributed by atoms with Gasteiger partial charge in [-0.1, -0.05) is 23.8 Å². The number of nitrogens with zero attached hydrogens (tertiary/aromatic N) is 2. The van der Waals surface area contributed by atoms with Crippen molar-refractivity contribution in [2.75, 3.05) is 0 Å². The van der Waals surface area contributed by atoms with E-state index in [1.54, 1.807) is 6.20 Å². The zero-order chi connectivity index (χ0) is 14.0. The molecule has 1 aromatic carbocycles. The van der Waals surface area contributed by atoms with Crippen LogP contribution in [0.25, 0.3) is 0 Å². The van der Waals surface area contributed by atoms with Crippen LogP contribution in [0.15, 0.2) is 35.4 Å². The minimum Gasteiger partial charge on any atom is -0.387 e. The lowest BCUT2D eigenvalue weighted by atomic mass is 10.0. The second-order valence-electron chi connectivity index (χ2n) is 4.94. The molecule has 0 saturated heterocycles. The van der Waals surface area contributed by atoms with E-state index in [-0.39, 0.29) is 12.2 Å². The Morgan fingerprint density at radius 2 is 2.00 bits per heavy atom. The minimum atomic E-state index is -0.707. The molecule has 0 saturated carbocycles. The van der Waals surface area contributed by atoms with Gasteiger partial charge < -0.3 is 5.11 Å². The summed E-state index contributed by atoms with van der Waals surface area (Å²) in [5.74, 6) is 0. The number of hydrogen-bond donors (Lipinski definition) is 1. The molecular formula is C15H18N2O2. The molecule has 0 aliphatic heterocycles. The van der Waals surface area contributed by atoms with Crippen molar-refractivity contribution < 1.29 is 5.11 Å². The Labute approximate surface area is 112 Å². The summed E-state index contributed by atoms with van der Waals surface area (Å²) in [6.07, 6.45) is 2.53. The van der Waals surface area contributed by atoms with Gasteiger partial charge in [-0.3, -0.25) is 4.57 Å². The number of aryl methyl sites for hydroxylation is 3. The molecule has 2 rings (SSSR count). The maximum atomic E-state index is 11.6. The number of benzene rings is 1. The van der Waals surface area contributed by atoms with Crippen molar-refractivity contribution in [3.05, 3.63) is 63.3 Å². The highest BCUT2D eigenvalue weighted by Gasteiger charge is 2.12. The third-order valence-electron chi connectivity index (χ3n) is 3.14. The molecule has 1 atom stereocenters. The first kappa shape index (κ1) is 13.5. The highest BCUT2D eigenvalue weighted by molar-refractivity contribution is 5.31. The predicted molar refractivity (Wildman–Crippen MR) is 74.1 cm³/mol. The van der Waals surface area contributed by atoms with E-state index in [2.05, 4.69) is 4.98 Å². The van der Waals surface area contributed by atoms with Crippen LogP contribution in [-0.2, 0) is 6.54 Å². The lowest BCUT2D eigenvalue weighted by Crippen LogP contribution is -2.25. The molecule has 0 aliphatic rings. The Bertz CT molecular complexity index is 647. The summed E-state index contributed by atoms with van der Waals surface area (Å²) in [6.45, 7) is 6.06. The molecule has 0 amide bonds. The van der Waals surface area contributed by atoms with E-state index in [1.807, 2.05) is 39.0 Å². The fourth-order valence-corrected chi connectivity index (χ4v) is 2.18. The molecule has 4 nitrogen and oxygen atoms in total. The molecule has 0 bridgehead atoms. The molecule has 100 valence electrons. The fourth-order valence-electron chi connectivity index (χ4n) is 2.18. The third-order valence-corrected chi connectivity index (χ3v) is 3.14. The molecule has 1 N–H and O–H groups in total. The Hall–Kier alpha value is -1.94. The molecule has 1 heterocycles. The van der Waals surface area contributed by atoms with E-state index in [0.29, 0.717) is 0 Å². The van der Waals surface area contributed by atoms with E-state index >= 15 is 0 Å². The van der Waals surface area contributed by atoms with Gasteiger partial charge in [-0.15, -0.1) is 0 Å². The Morgan fingerprint density at radius 1 is 1.26 bits per heavy atom. The zero-order valence-electron chi connectivity index (χ0n) is 11.4. The average molecular weight is 258 g/mol. The molecule has 0 aliphatic carbocycles. The molecule has 0 fully saturated rings. The van der Waals surface area contributed by atoms with Gasteiger partial charge >= 0.3 is 5.69 Å². The van der Waals surface area contributed by atoms with Gasteiger partial charge in [0, 0.05) is 12.4 Å². The number of hydrogen-bond acceptors (Lipinski definition) is 3. The first-order valence-electron chi connectivity index (χ1n) is 6.25. The van der Waals surface area contributed by atoms with Crippen molar-refractivity contribution in [1.29, 1.82) is 0 Å². The summed E-state index contributed by atoms with van der Waals surface area (Å²) >= 11 is 0. The summed E-state index contributed by atoms with van der Waals surface area (Å²) in [4.78, 5) is 15.4. The van der Waals surface area contributed by atoms with Crippen molar-refractivity contribution >= 4 is 0 Å². The van der Waals surface area contributed by atoms with Gasteiger partial charge in [-0.25, -0.2) is 9.78 Å². The Kier molecular flexibility index (Phi) is 3.81. The Balaban J connectivity index is 2.28. The van der Waals surface area contributed by atoms with Crippen molar-refractivity contribution in [3.8, 4) is 0 Å². The minimum absolute atomic E-state index is 0.220. The first-order chi connectivity index (χ1) is 8.97. The van der Waals surface area contributed by atoms with Gasteiger partial charge in [0.1, 0.15) is 0 Å². The Morgan fingerprint density at radius 3 is 2.68 bits per heavy atom. The molecule has 19 heavy (non-hydrogen) atoms. The summed E-state index contributed by atoms with van der Waals surface area (Å²) in [7, 11) is 0. The van der Waals surface area contributed by atoms with Crippen LogP contribution >= 0.6 is 0 Å². The van der Waals surface area contributed by atoms with E-state index in [4.69, 9.17) is 0 Å². The van der Waals surface area contributed by atoms with Crippen LogP contribution in [0.1, 0.15) is 28.4 Å². The van der Waals surface area contributed by atoms with Crippen LogP contribution in [0.2, 0.25) is 0 Å². The average Bonchev–Trinajstić information content (AvgIpc) is 2.33. The normalized spacial score (nSPS) is 12.4. The van der Waals surface area contributed by atoms with Gasteiger partial charge in [0.25, 0.3) is 0 Å². The summed E-state index contributed by atoms with van der Waals surface area (Å²) in [5, 5.41) is 10.3. The van der Waals surface area contributed by atoms with E-state index in [9.17, 15) is 9.90 Å². The SMILES string of the molecule is Cc1ccc(C(O)Cn2cc(C)cnc2=O)c(C)c1. The van der Waals surface area contributed by atoms with Crippen LogP contribution in [0.3, 0.4) is 0 Å². The molecule has 0 radical (unpaired) electrons. The first-order valence-corrected chi connectivity index (χ1v) is 6.25. The van der Waals surface area contributed by atoms with Crippen LogP contribution in [0.5, 0.6) is 0 Å². The molecule has 1 unspecified atom stereocenters. The highest BCUT2D eigenvalue weighted by atomic mass is 16.3. The van der Waals surface area contributed by atoms with Gasteiger partial charge in [0.05, 0.1) is 12.6 Å². The highest BCUT2D eigenvalue weighted by Crippen LogP contribution is 2.20. The second-order valence-corrected chi connectivity index (χ2v) is 4.94. The summed E-state index contributed by atoms with van der Waals surface area (Å²) in [6, 6.07) is 5.89. The van der Waals surface area contributed by atoms with Crippen LogP contribution in [0, 0.1) is 20.8 Å². The van der Waals surface area contributed by atoms with Crippen molar-refractivity contribution in [2.24, 2.45) is 0 Å². The van der Waals surface area contributed by atoms with Gasteiger partial charge in [-0.2, -0.15) is 0 Å². The second kappa shape index (κ2) is 5.36. The maximum absolute atomic E-state index is 11.6. The largest absolute Gasteiger partial charge is 0.387 e. The summed E-state index contributed by atoms with van der Waals surface area (Å²) in [5.41, 5.74) is 3.59. The molecular weight excluding hydrogens is 240 g/mol. The van der Waals surface area contributed by atoms with Crippen molar-refractivity contribution in [2.45, 2.75) is 33.4 Å². The van der Waals surface area contributed by atoms with E-state index < -0.39 is 6.10 Å². The molecule has 4 heteroatoms. The number of aliphatic hydroxyl groups is 1. The van der Waals surface area contributed by atoms with Crippen LogP contribution in [0.4, 0.5) is 0 Å². The molecule has 0 spiro atoms. The maximum Gasteiger partial charge on any atom is 0.347 e. The smallest absolute Gasteiger partial charge is 0.347 e. The summed E-state index contributed by atoms with van der Waals surface area (Å²) < 4.78 is 1.44. The lowest BCUT2D eigenvalue weighted by molar-refractivity contribution is 0.153. The van der Waals surface area contributed by atoms with Gasteiger partial charge in [0.15, 0.2) is 0 Å². The van der Waals surface area contributed by atoms with Crippen LogP contribution < -0.4 is 5.69 Å². The number of rotatable bonds is 3. The standard InChI is InChI=1S/C15H18N2O2/c1-10-4-5-13(12(3)6-10)14(18)9-17-8-11(2)7-16-15(17)19/h4-8,14,18H,9H2,1-3H3. The predicted octanol–water partition coefficient (Wildman–Crippen LogP) is 1.90. The van der Waals surface area contributed by atoms with E-state index in [1.165, 1.54) is 10.8 Å². The van der Waals surface area contributed by atoms with Gasteiger partial charge in [0.2, 0.25) is 0 Å². The zero-order valence-corrected chi connectivity index (χ0v) is 11.4. The molecule has 1 aromatic heterocycles. The fraction of sp³-hybridized carbons (Fsp3) is 0.333. The van der Waals surface area contributed by atoms with Crippen molar-refractivity contribution in [3.63, 3.8) is 0 Å². The third kappa shape index (κ3) is 3.09. The topological polar surface area (TPSA) is 55.1 Å². The number of aromatic nitrogens is 2. The molecule has 2 aromatic rings. The number of aliphatic hydroxyl groups excluding tert-OH is 1. The monoisotopic (exact) mass is 258 g/mol. The van der Waals surface area contributed by atoms with Crippen molar-refractivity contribution in [1.82, 2.24) is 9.55 Å². The van der Waals surface area contributed by atoms with Crippen LogP contribution in [-0.4, -0.2) is 14.7 Å². The lowest BCUT2D eigenvalue weighted by Gasteiger charge is -2.15. The van der Waals surface area contributed by atoms with E-state index in [0.717, 1.165) is 22.3 Å². The van der Waals surface area contributed by atoms with Gasteiger partial charge in [-0.05, 0) is 37.5 Å². The quantitative estimate of drug-likeness (QED) is 0.914.